The van der Waals surface area contributed by atoms with Crippen molar-refractivity contribution < 1.29 is 18.0 Å². The molecule has 0 N–H and O–H groups in total. The summed E-state index contributed by atoms with van der Waals surface area (Å²) in [5, 5.41) is 1.42. The fourth-order valence-electron chi connectivity index (χ4n) is 1.80. The number of fused-ring (bicyclic) bond motifs is 1. The summed E-state index contributed by atoms with van der Waals surface area (Å²) in [6.07, 6.45) is -3.53. The Labute approximate surface area is 119 Å². The van der Waals surface area contributed by atoms with Crippen molar-refractivity contribution in [3.05, 3.63) is 51.3 Å². The van der Waals surface area contributed by atoms with Crippen LogP contribution in [0.5, 0.6) is 0 Å². The maximum absolute atomic E-state index is 12.5. The summed E-state index contributed by atoms with van der Waals surface area (Å²) in [7, 11) is 0. The first kappa shape index (κ1) is 13.3. The molecule has 2 aromatic heterocycles. The molecule has 0 amide bonds. The fourth-order valence-corrected chi connectivity index (χ4v) is 3.47. The molecule has 0 atom stereocenters. The molecule has 2 nitrogen and oxygen atoms in total. The number of halogens is 3. The number of thiazole rings is 1. The highest BCUT2D eigenvalue weighted by Gasteiger charge is 2.35. The quantitative estimate of drug-likeness (QED) is 0.647. The highest BCUT2D eigenvalue weighted by Crippen LogP contribution is 2.34. The third-order valence-electron chi connectivity index (χ3n) is 2.70. The van der Waals surface area contributed by atoms with Gasteiger partial charge in [-0.25, -0.2) is 4.98 Å². The van der Waals surface area contributed by atoms with Crippen molar-refractivity contribution in [3.8, 4) is 0 Å². The summed E-state index contributed by atoms with van der Waals surface area (Å²) in [4.78, 5) is 15.5. The van der Waals surface area contributed by atoms with Gasteiger partial charge < -0.3 is 0 Å². The number of carbonyl (C=O) groups is 1. The third-order valence-corrected chi connectivity index (χ3v) is 4.70. The zero-order valence-corrected chi connectivity index (χ0v) is 11.4. The predicted molar refractivity (Wildman–Crippen MR) is 72.4 cm³/mol. The van der Waals surface area contributed by atoms with Gasteiger partial charge in [-0.2, -0.15) is 13.2 Å². The highest BCUT2D eigenvalue weighted by atomic mass is 32.1. The van der Waals surface area contributed by atoms with Crippen LogP contribution in [0.2, 0.25) is 0 Å². The molecule has 2 heterocycles. The summed E-state index contributed by atoms with van der Waals surface area (Å²) in [6.45, 7) is 0. The van der Waals surface area contributed by atoms with Gasteiger partial charge in [-0.05, 0) is 6.07 Å². The minimum atomic E-state index is -4.51. The number of rotatable bonds is 2. The topological polar surface area (TPSA) is 30.0 Å². The van der Waals surface area contributed by atoms with E-state index in [1.165, 1.54) is 11.3 Å². The van der Waals surface area contributed by atoms with Crippen molar-refractivity contribution >= 4 is 38.5 Å². The summed E-state index contributed by atoms with van der Waals surface area (Å²) in [5.74, 6) is -0.421. The molecule has 20 heavy (non-hydrogen) atoms. The van der Waals surface area contributed by atoms with E-state index in [-0.39, 0.29) is 4.88 Å². The fraction of sp³-hybridized carbons (Fsp3) is 0.0769. The summed E-state index contributed by atoms with van der Waals surface area (Å²) < 4.78 is 38.4. The number of ketones is 1. The van der Waals surface area contributed by atoms with Crippen molar-refractivity contribution in [2.45, 2.75) is 6.18 Å². The summed E-state index contributed by atoms with van der Waals surface area (Å²) in [6, 6.07) is 7.29. The van der Waals surface area contributed by atoms with Crippen LogP contribution in [0.15, 0.2) is 35.8 Å². The molecule has 0 fully saturated rings. The molecule has 7 heteroatoms. The van der Waals surface area contributed by atoms with Gasteiger partial charge >= 0.3 is 6.18 Å². The second-order valence-corrected chi connectivity index (χ2v) is 5.94. The smallest absolute Gasteiger partial charge is 0.288 e. The molecule has 0 radical (unpaired) electrons. The Balaban J connectivity index is 2.03. The van der Waals surface area contributed by atoms with Crippen molar-refractivity contribution in [2.75, 3.05) is 0 Å². The van der Waals surface area contributed by atoms with Crippen molar-refractivity contribution in [1.82, 2.24) is 4.98 Å². The first-order chi connectivity index (χ1) is 9.47. The summed E-state index contributed by atoms with van der Waals surface area (Å²) in [5.41, 5.74) is 0.419. The largest absolute Gasteiger partial charge is 0.443 e. The number of nitrogens with zero attached hydrogens (tertiary/aromatic N) is 1. The summed E-state index contributed by atoms with van der Waals surface area (Å²) >= 11 is 1.76. The maximum Gasteiger partial charge on any atom is 0.443 e. The molecular formula is C13H6F3NOS2. The molecule has 102 valence electrons. The van der Waals surface area contributed by atoms with Crippen LogP contribution in [0, 0.1) is 0 Å². The maximum atomic E-state index is 12.5. The van der Waals surface area contributed by atoms with Crippen LogP contribution in [-0.4, -0.2) is 10.8 Å². The first-order valence-electron chi connectivity index (χ1n) is 5.51. The van der Waals surface area contributed by atoms with Gasteiger partial charge in [0.1, 0.15) is 0 Å². The number of alkyl halides is 3. The van der Waals surface area contributed by atoms with Gasteiger partial charge in [0.15, 0.2) is 5.01 Å². The molecule has 0 saturated carbocycles. The molecule has 3 aromatic rings. The first-order valence-corrected chi connectivity index (χ1v) is 7.20. The van der Waals surface area contributed by atoms with E-state index < -0.39 is 17.0 Å². The van der Waals surface area contributed by atoms with E-state index >= 15 is 0 Å². The van der Waals surface area contributed by atoms with E-state index in [2.05, 4.69) is 4.98 Å². The minimum Gasteiger partial charge on any atom is -0.288 e. The Morgan fingerprint density at radius 2 is 1.95 bits per heavy atom. The highest BCUT2D eigenvalue weighted by molar-refractivity contribution is 7.18. The lowest BCUT2D eigenvalue weighted by Gasteiger charge is -1.99. The average molecular weight is 313 g/mol. The SMILES string of the molecule is O=C(c1cnc(C(F)(F)F)s1)c1csc2ccccc12. The van der Waals surface area contributed by atoms with Crippen LogP contribution in [0.25, 0.3) is 10.1 Å². The van der Waals surface area contributed by atoms with E-state index in [1.54, 1.807) is 17.5 Å². The Bertz CT molecular complexity index is 788. The van der Waals surface area contributed by atoms with E-state index in [0.29, 0.717) is 16.9 Å². The molecule has 0 aliphatic rings. The molecule has 0 unspecified atom stereocenters. The molecule has 0 spiro atoms. The zero-order valence-electron chi connectivity index (χ0n) is 9.77. The monoisotopic (exact) mass is 313 g/mol. The molecule has 0 aliphatic carbocycles. The molecular weight excluding hydrogens is 307 g/mol. The van der Waals surface area contributed by atoms with Gasteiger partial charge in [0.2, 0.25) is 5.78 Å². The van der Waals surface area contributed by atoms with Gasteiger partial charge in [0.05, 0.1) is 4.88 Å². The third kappa shape index (κ3) is 2.23. The second-order valence-electron chi connectivity index (χ2n) is 4.00. The molecule has 0 saturated heterocycles. The number of hydrogen-bond acceptors (Lipinski definition) is 4. The Morgan fingerprint density at radius 1 is 1.20 bits per heavy atom. The van der Waals surface area contributed by atoms with Gasteiger partial charge in [-0.1, -0.05) is 18.2 Å². The lowest BCUT2D eigenvalue weighted by atomic mass is 10.1. The van der Waals surface area contributed by atoms with E-state index in [0.717, 1.165) is 16.3 Å². The molecule has 1 aromatic carbocycles. The molecule has 0 bridgehead atoms. The molecule has 3 rings (SSSR count). The minimum absolute atomic E-state index is 0.000813. The van der Waals surface area contributed by atoms with Gasteiger partial charge in [0.25, 0.3) is 0 Å². The van der Waals surface area contributed by atoms with Crippen LogP contribution in [0.1, 0.15) is 20.2 Å². The normalized spacial score (nSPS) is 11.9. The Morgan fingerprint density at radius 3 is 2.65 bits per heavy atom. The van der Waals surface area contributed by atoms with Gasteiger partial charge in [0, 0.05) is 27.2 Å². The van der Waals surface area contributed by atoms with Crippen LogP contribution >= 0.6 is 22.7 Å². The van der Waals surface area contributed by atoms with Crippen molar-refractivity contribution in [3.63, 3.8) is 0 Å². The van der Waals surface area contributed by atoms with Crippen LogP contribution in [0.4, 0.5) is 13.2 Å². The predicted octanol–water partition coefficient (Wildman–Crippen LogP) is 4.61. The Kier molecular flexibility index (Phi) is 3.10. The van der Waals surface area contributed by atoms with Gasteiger partial charge in [-0.15, -0.1) is 22.7 Å². The second kappa shape index (κ2) is 4.68. The average Bonchev–Trinajstić information content (AvgIpc) is 3.04. The standard InChI is InChI=1S/C13H6F3NOS2/c14-13(15,16)12-17-5-10(20-12)11(18)8-6-19-9-4-2-1-3-7(8)9/h1-6H. The van der Waals surface area contributed by atoms with Crippen molar-refractivity contribution in [2.24, 2.45) is 0 Å². The lowest BCUT2D eigenvalue weighted by Crippen LogP contribution is -2.03. The van der Waals surface area contributed by atoms with E-state index in [1.807, 2.05) is 12.1 Å². The van der Waals surface area contributed by atoms with Crippen LogP contribution in [-0.2, 0) is 6.18 Å². The number of thiophene rings is 1. The number of carbonyl (C=O) groups excluding carboxylic acids is 1. The number of hydrogen-bond donors (Lipinski definition) is 0. The van der Waals surface area contributed by atoms with Crippen LogP contribution < -0.4 is 0 Å². The number of aromatic nitrogens is 1. The van der Waals surface area contributed by atoms with E-state index in [9.17, 15) is 18.0 Å². The van der Waals surface area contributed by atoms with Crippen molar-refractivity contribution in [1.29, 1.82) is 0 Å². The van der Waals surface area contributed by atoms with E-state index in [4.69, 9.17) is 0 Å². The lowest BCUT2D eigenvalue weighted by molar-refractivity contribution is -0.137. The zero-order chi connectivity index (χ0) is 14.3. The molecule has 0 aliphatic heterocycles. The Hall–Kier alpha value is -1.73. The van der Waals surface area contributed by atoms with Gasteiger partial charge in [-0.3, -0.25) is 4.79 Å². The van der Waals surface area contributed by atoms with Crippen LogP contribution in [0.3, 0.4) is 0 Å². The number of benzene rings is 1.